The summed E-state index contributed by atoms with van der Waals surface area (Å²) in [4.78, 5) is 0.170. The van der Waals surface area contributed by atoms with Crippen LogP contribution in [0.2, 0.25) is 0 Å². The molecule has 0 aromatic heterocycles. The van der Waals surface area contributed by atoms with Crippen LogP contribution in [0.3, 0.4) is 0 Å². The highest BCUT2D eigenvalue weighted by atomic mass is 32.3. The number of thiocarbonyl (C=S) groups is 1. The van der Waals surface area contributed by atoms with Gasteiger partial charge in [0.05, 0.1) is 0 Å². The zero-order valence-corrected chi connectivity index (χ0v) is 9.88. The quantitative estimate of drug-likeness (QED) is 0.367. The molecule has 0 aliphatic heterocycles. The number of hydrogen-bond donors (Lipinski definition) is 1. The molecule has 0 heterocycles. The van der Waals surface area contributed by atoms with Gasteiger partial charge < -0.3 is 4.55 Å². The molecule has 7 heteroatoms. The molecule has 0 radical (unpaired) electrons. The monoisotopic (exact) mass is 260 g/mol. The molecule has 16 heavy (non-hydrogen) atoms. The number of nitrogens with one attached hydrogen (secondary N) is 1. The van der Waals surface area contributed by atoms with E-state index in [0.717, 1.165) is 5.56 Å². The maximum atomic E-state index is 10.1. The van der Waals surface area contributed by atoms with Crippen molar-refractivity contribution in [1.82, 2.24) is 5.48 Å². The molecule has 0 saturated heterocycles. The average molecular weight is 260 g/mol. The fourth-order valence-electron chi connectivity index (χ4n) is 1.05. The van der Waals surface area contributed by atoms with Crippen LogP contribution >= 0.6 is 12.2 Å². The fraction of sp³-hybridized carbons (Fsp3) is 0.222. The highest BCUT2D eigenvalue weighted by Gasteiger charge is 2.00. The van der Waals surface area contributed by atoms with Crippen molar-refractivity contribution in [1.29, 1.82) is 0 Å². The molecule has 5 nitrogen and oxygen atoms in total. The third kappa shape index (κ3) is 5.76. The van der Waals surface area contributed by atoms with Crippen molar-refractivity contribution >= 4 is 27.6 Å². The van der Waals surface area contributed by atoms with Gasteiger partial charge in [0.25, 0.3) is 0 Å². The minimum Gasteiger partial charge on any atom is -0.724 e. The number of hydroxylamine groups is 1. The Labute approximate surface area is 99.3 Å². The lowest BCUT2D eigenvalue weighted by Gasteiger charge is -2.09. The van der Waals surface area contributed by atoms with Crippen LogP contribution in [0.4, 0.5) is 0 Å². The smallest absolute Gasteiger partial charge is 0.238 e. The van der Waals surface area contributed by atoms with Crippen molar-refractivity contribution in [3.05, 3.63) is 35.9 Å². The minimum absolute atomic E-state index is 0.170. The van der Waals surface area contributed by atoms with Gasteiger partial charge in [-0.25, -0.2) is 13.9 Å². The van der Waals surface area contributed by atoms with Crippen LogP contribution in [-0.4, -0.2) is 18.0 Å². The van der Waals surface area contributed by atoms with Crippen LogP contribution in [0.15, 0.2) is 30.3 Å². The summed E-state index contributed by atoms with van der Waals surface area (Å²) in [5.74, 6) is 0. The molecule has 0 amide bonds. The first-order valence-corrected chi connectivity index (χ1v) is 6.18. The van der Waals surface area contributed by atoms with E-state index >= 15 is 0 Å². The number of hydrogen-bond acceptors (Lipinski definition) is 5. The summed E-state index contributed by atoms with van der Waals surface area (Å²) in [5.41, 5.74) is 2.99. The van der Waals surface area contributed by atoms with E-state index in [1.165, 1.54) is 0 Å². The Balaban J connectivity index is 2.31. The SMILES string of the molecule is O=S(=O)([O-])ONC(=S)CCc1ccccc1. The lowest BCUT2D eigenvalue weighted by atomic mass is 10.1. The molecule has 1 aromatic carbocycles. The summed E-state index contributed by atoms with van der Waals surface area (Å²) in [6.45, 7) is 0. The molecule has 1 aromatic rings. The minimum atomic E-state index is -4.75. The number of aryl methyl sites for hydroxylation is 1. The predicted octanol–water partition coefficient (Wildman–Crippen LogP) is 0.928. The Hall–Kier alpha value is -1.02. The first-order chi connectivity index (χ1) is 7.47. The third-order valence-electron chi connectivity index (χ3n) is 1.74. The third-order valence-corrected chi connectivity index (χ3v) is 2.32. The molecule has 1 N–H and O–H groups in total. The first-order valence-electron chi connectivity index (χ1n) is 4.44. The maximum Gasteiger partial charge on any atom is 0.238 e. The summed E-state index contributed by atoms with van der Waals surface area (Å²) in [7, 11) is -4.75. The molecule has 0 aliphatic rings. The Morgan fingerprint density at radius 1 is 1.38 bits per heavy atom. The lowest BCUT2D eigenvalue weighted by Crippen LogP contribution is -2.25. The standard InChI is InChI=1S/C9H11NO4S2/c11-16(12,13)14-10-9(15)7-6-8-4-2-1-3-5-8/h1-5H,6-7H2,(H,10,15)(H,11,12,13)/p-1. The zero-order chi connectivity index (χ0) is 12.0. The zero-order valence-electron chi connectivity index (χ0n) is 8.25. The second-order valence-electron chi connectivity index (χ2n) is 3.00. The molecule has 0 spiro atoms. The Kier molecular flexibility index (Phi) is 4.81. The second-order valence-corrected chi connectivity index (χ2v) is 4.48. The van der Waals surface area contributed by atoms with Gasteiger partial charge in [0, 0.05) is 6.42 Å². The molecular weight excluding hydrogens is 250 g/mol. The predicted molar refractivity (Wildman–Crippen MR) is 61.3 cm³/mol. The van der Waals surface area contributed by atoms with Crippen molar-refractivity contribution in [2.45, 2.75) is 12.8 Å². The van der Waals surface area contributed by atoms with Crippen molar-refractivity contribution in [3.63, 3.8) is 0 Å². The van der Waals surface area contributed by atoms with Gasteiger partial charge in [-0.1, -0.05) is 42.5 Å². The van der Waals surface area contributed by atoms with Crippen molar-refractivity contribution in [2.75, 3.05) is 0 Å². The normalized spacial score (nSPS) is 11.1. The molecule has 88 valence electrons. The van der Waals surface area contributed by atoms with E-state index < -0.39 is 10.4 Å². The average Bonchev–Trinajstić information content (AvgIpc) is 2.24. The van der Waals surface area contributed by atoms with E-state index in [1.54, 1.807) is 0 Å². The van der Waals surface area contributed by atoms with E-state index in [1.807, 2.05) is 35.8 Å². The Morgan fingerprint density at radius 2 is 2.00 bits per heavy atom. The number of benzene rings is 1. The van der Waals surface area contributed by atoms with Gasteiger partial charge in [-0.05, 0) is 12.0 Å². The van der Waals surface area contributed by atoms with E-state index in [4.69, 9.17) is 12.2 Å². The van der Waals surface area contributed by atoms with Crippen molar-refractivity contribution < 1.29 is 17.3 Å². The topological polar surface area (TPSA) is 78.5 Å². The lowest BCUT2D eigenvalue weighted by molar-refractivity contribution is 0.221. The molecular formula is C9H10NO4S2-. The van der Waals surface area contributed by atoms with E-state index in [0.29, 0.717) is 12.8 Å². The molecule has 0 aliphatic carbocycles. The van der Waals surface area contributed by atoms with Crippen LogP contribution < -0.4 is 5.48 Å². The van der Waals surface area contributed by atoms with E-state index in [-0.39, 0.29) is 4.99 Å². The first kappa shape index (κ1) is 13.0. The molecule has 0 atom stereocenters. The van der Waals surface area contributed by atoms with Gasteiger partial charge in [-0.3, -0.25) is 0 Å². The molecule has 0 unspecified atom stereocenters. The van der Waals surface area contributed by atoms with Gasteiger partial charge in [-0.2, -0.15) is 4.28 Å². The van der Waals surface area contributed by atoms with Crippen LogP contribution in [0, 0.1) is 0 Å². The molecule has 0 saturated carbocycles. The van der Waals surface area contributed by atoms with Gasteiger partial charge in [0.15, 0.2) is 0 Å². The van der Waals surface area contributed by atoms with Crippen molar-refractivity contribution in [3.8, 4) is 0 Å². The van der Waals surface area contributed by atoms with Crippen LogP contribution in [0.5, 0.6) is 0 Å². The van der Waals surface area contributed by atoms with Gasteiger partial charge in [0.2, 0.25) is 10.4 Å². The highest BCUT2D eigenvalue weighted by Crippen LogP contribution is 2.02. The summed E-state index contributed by atoms with van der Waals surface area (Å²) in [6, 6.07) is 9.53. The van der Waals surface area contributed by atoms with E-state index in [2.05, 4.69) is 4.28 Å². The van der Waals surface area contributed by atoms with E-state index in [9.17, 15) is 13.0 Å². The number of rotatable bonds is 5. The fourth-order valence-corrected chi connectivity index (χ4v) is 1.45. The molecule has 0 fully saturated rings. The summed E-state index contributed by atoms with van der Waals surface area (Å²) in [6.07, 6.45) is 1.06. The Bertz CT molecular complexity index is 444. The molecule has 0 bridgehead atoms. The van der Waals surface area contributed by atoms with Gasteiger partial charge in [0.1, 0.15) is 4.99 Å². The molecule has 1 rings (SSSR count). The van der Waals surface area contributed by atoms with Gasteiger partial charge >= 0.3 is 0 Å². The largest absolute Gasteiger partial charge is 0.724 e. The van der Waals surface area contributed by atoms with Gasteiger partial charge in [-0.15, -0.1) is 0 Å². The second kappa shape index (κ2) is 5.90. The van der Waals surface area contributed by atoms with Crippen LogP contribution in [0.25, 0.3) is 0 Å². The van der Waals surface area contributed by atoms with Crippen LogP contribution in [-0.2, 0) is 21.1 Å². The summed E-state index contributed by atoms with van der Waals surface area (Å²) < 4.78 is 34.1. The van der Waals surface area contributed by atoms with Crippen molar-refractivity contribution in [2.24, 2.45) is 0 Å². The summed E-state index contributed by atoms with van der Waals surface area (Å²) in [5, 5.41) is 0. The Morgan fingerprint density at radius 3 is 2.56 bits per heavy atom. The highest BCUT2D eigenvalue weighted by molar-refractivity contribution is 7.81. The van der Waals surface area contributed by atoms with Crippen LogP contribution in [0.1, 0.15) is 12.0 Å². The summed E-state index contributed by atoms with van der Waals surface area (Å²) >= 11 is 4.78. The maximum absolute atomic E-state index is 10.1.